The number of benzene rings is 1. The molecule has 4 rings (SSSR count). The van der Waals surface area contributed by atoms with Crippen LogP contribution in [0, 0.1) is 0 Å². The van der Waals surface area contributed by atoms with E-state index >= 15 is 0 Å². The molecule has 1 atom stereocenters. The Hall–Kier alpha value is -1.63. The first-order chi connectivity index (χ1) is 11.3. The van der Waals surface area contributed by atoms with Gasteiger partial charge < -0.3 is 9.72 Å². The summed E-state index contributed by atoms with van der Waals surface area (Å²) in [6.45, 7) is 0.847. The molecule has 23 heavy (non-hydrogen) atoms. The summed E-state index contributed by atoms with van der Waals surface area (Å²) >= 11 is 3.09. The lowest BCUT2D eigenvalue weighted by molar-refractivity contribution is 0.129. The number of thiophene rings is 1. The van der Waals surface area contributed by atoms with Gasteiger partial charge in [-0.25, -0.2) is 4.98 Å². The van der Waals surface area contributed by atoms with E-state index in [1.54, 1.807) is 11.8 Å². The van der Waals surface area contributed by atoms with Gasteiger partial charge in [0.25, 0.3) is 5.56 Å². The van der Waals surface area contributed by atoms with E-state index in [1.807, 2.05) is 35.7 Å². The van der Waals surface area contributed by atoms with E-state index in [0.717, 1.165) is 41.2 Å². The minimum atomic E-state index is -0.0649. The Morgan fingerprint density at radius 1 is 1.35 bits per heavy atom. The van der Waals surface area contributed by atoms with Crippen LogP contribution in [0.15, 0.2) is 45.7 Å². The normalized spacial score (nSPS) is 17.8. The first kappa shape index (κ1) is 14.9. The molecule has 1 fully saturated rings. The third-order valence-electron chi connectivity index (χ3n) is 3.94. The van der Waals surface area contributed by atoms with Gasteiger partial charge in [-0.1, -0.05) is 42.1 Å². The summed E-state index contributed by atoms with van der Waals surface area (Å²) in [5.74, 6) is 0.839. The van der Waals surface area contributed by atoms with E-state index in [-0.39, 0.29) is 11.7 Å². The van der Waals surface area contributed by atoms with Crippen LogP contribution in [-0.2, 0) is 4.74 Å². The summed E-state index contributed by atoms with van der Waals surface area (Å²) in [6.07, 6.45) is 2.50. The number of rotatable bonds is 4. The number of H-pyrrole nitrogens is 1. The molecule has 6 heteroatoms. The van der Waals surface area contributed by atoms with Gasteiger partial charge in [0.2, 0.25) is 0 Å². The van der Waals surface area contributed by atoms with Crippen molar-refractivity contribution in [2.45, 2.75) is 24.1 Å². The Balaban J connectivity index is 1.65. The minimum absolute atomic E-state index is 0.0649. The Labute approximate surface area is 141 Å². The molecular weight excluding hydrogens is 328 g/mol. The molecule has 3 heterocycles. The quantitative estimate of drug-likeness (QED) is 0.576. The zero-order valence-electron chi connectivity index (χ0n) is 12.5. The third kappa shape index (κ3) is 3.06. The van der Waals surface area contributed by atoms with Crippen molar-refractivity contribution < 1.29 is 4.74 Å². The maximum absolute atomic E-state index is 12.5. The van der Waals surface area contributed by atoms with Crippen molar-refractivity contribution in [1.29, 1.82) is 0 Å². The number of fused-ring (bicyclic) bond motifs is 1. The standard InChI is InChI=1S/C17H16N2O2S2/c20-15-14-13(11-5-2-1-3-6-11)10-22-16(14)19-17(18-15)23-9-12-7-4-8-21-12/h1-3,5-6,10,12H,4,7-9H2,(H,18,19,20). The number of nitrogens with one attached hydrogen (secondary N) is 1. The molecule has 0 aliphatic carbocycles. The first-order valence-corrected chi connectivity index (χ1v) is 9.49. The fourth-order valence-corrected chi connectivity index (χ4v) is 4.71. The monoisotopic (exact) mass is 344 g/mol. The molecule has 0 saturated carbocycles. The Bertz CT molecular complexity index is 867. The lowest BCUT2D eigenvalue weighted by Gasteiger charge is -2.07. The van der Waals surface area contributed by atoms with E-state index in [9.17, 15) is 4.79 Å². The molecule has 0 bridgehead atoms. The minimum Gasteiger partial charge on any atom is -0.377 e. The molecule has 0 amide bonds. The SMILES string of the molecule is O=c1[nH]c(SCC2CCCO2)nc2scc(-c3ccccc3)c12. The first-order valence-electron chi connectivity index (χ1n) is 7.62. The van der Waals surface area contributed by atoms with Gasteiger partial charge in [0, 0.05) is 23.3 Å². The smallest absolute Gasteiger partial charge is 0.260 e. The third-order valence-corrected chi connectivity index (χ3v) is 5.81. The Morgan fingerprint density at radius 2 is 2.22 bits per heavy atom. The molecule has 1 aliphatic heterocycles. The number of ether oxygens (including phenoxy) is 1. The number of aromatic amines is 1. The van der Waals surface area contributed by atoms with Crippen LogP contribution < -0.4 is 5.56 Å². The summed E-state index contributed by atoms with van der Waals surface area (Å²) in [5.41, 5.74) is 1.94. The molecule has 0 radical (unpaired) electrons. The van der Waals surface area contributed by atoms with E-state index < -0.39 is 0 Å². The van der Waals surface area contributed by atoms with E-state index in [4.69, 9.17) is 4.74 Å². The van der Waals surface area contributed by atoms with Crippen LogP contribution in [0.3, 0.4) is 0 Å². The van der Waals surface area contributed by atoms with Gasteiger partial charge in [-0.2, -0.15) is 0 Å². The molecule has 1 unspecified atom stereocenters. The summed E-state index contributed by atoms with van der Waals surface area (Å²) < 4.78 is 5.62. The average molecular weight is 344 g/mol. The average Bonchev–Trinajstić information content (AvgIpc) is 3.23. The lowest BCUT2D eigenvalue weighted by Crippen LogP contribution is -2.12. The van der Waals surface area contributed by atoms with Crippen molar-refractivity contribution >= 4 is 33.3 Å². The fourth-order valence-electron chi connectivity index (χ4n) is 2.78. The number of thioether (sulfide) groups is 1. The van der Waals surface area contributed by atoms with Gasteiger partial charge >= 0.3 is 0 Å². The maximum atomic E-state index is 12.5. The van der Waals surface area contributed by atoms with E-state index in [1.165, 1.54) is 11.3 Å². The van der Waals surface area contributed by atoms with Crippen LogP contribution in [0.25, 0.3) is 21.3 Å². The second kappa shape index (κ2) is 6.47. The maximum Gasteiger partial charge on any atom is 0.260 e. The predicted octanol–water partition coefficient (Wildman–Crippen LogP) is 3.92. The molecule has 2 aromatic heterocycles. The second-order valence-corrected chi connectivity index (χ2v) is 7.38. The molecule has 118 valence electrons. The van der Waals surface area contributed by atoms with Crippen LogP contribution in [0.1, 0.15) is 12.8 Å². The zero-order chi connectivity index (χ0) is 15.6. The summed E-state index contributed by atoms with van der Waals surface area (Å²) in [5, 5.41) is 3.37. The largest absolute Gasteiger partial charge is 0.377 e. The Morgan fingerprint density at radius 3 is 3.00 bits per heavy atom. The van der Waals surface area contributed by atoms with Crippen molar-refractivity contribution in [1.82, 2.24) is 9.97 Å². The molecule has 1 N–H and O–H groups in total. The summed E-state index contributed by atoms with van der Waals surface area (Å²) in [7, 11) is 0. The molecule has 1 saturated heterocycles. The van der Waals surface area contributed by atoms with Crippen molar-refractivity contribution in [3.8, 4) is 11.1 Å². The molecule has 3 aromatic rings. The van der Waals surface area contributed by atoms with E-state index in [0.29, 0.717) is 10.5 Å². The topological polar surface area (TPSA) is 55.0 Å². The number of aromatic nitrogens is 2. The highest BCUT2D eigenvalue weighted by Gasteiger charge is 2.17. The van der Waals surface area contributed by atoms with Crippen LogP contribution in [-0.4, -0.2) is 28.4 Å². The number of hydrogen-bond acceptors (Lipinski definition) is 5. The van der Waals surface area contributed by atoms with Crippen LogP contribution in [0.2, 0.25) is 0 Å². The van der Waals surface area contributed by atoms with Crippen LogP contribution in [0.4, 0.5) is 0 Å². The van der Waals surface area contributed by atoms with Gasteiger partial charge in [0.05, 0.1) is 11.5 Å². The number of nitrogens with zero attached hydrogens (tertiary/aromatic N) is 1. The molecule has 1 aromatic carbocycles. The van der Waals surface area contributed by atoms with Gasteiger partial charge in [0.15, 0.2) is 5.16 Å². The fraction of sp³-hybridized carbons (Fsp3) is 0.294. The second-order valence-electron chi connectivity index (χ2n) is 5.51. The highest BCUT2D eigenvalue weighted by atomic mass is 32.2. The van der Waals surface area contributed by atoms with Crippen molar-refractivity contribution in [2.75, 3.05) is 12.4 Å². The van der Waals surface area contributed by atoms with E-state index in [2.05, 4.69) is 9.97 Å². The van der Waals surface area contributed by atoms with Gasteiger partial charge in [0.1, 0.15) is 4.83 Å². The van der Waals surface area contributed by atoms with Gasteiger partial charge in [-0.3, -0.25) is 4.79 Å². The molecular formula is C17H16N2O2S2. The summed E-state index contributed by atoms with van der Waals surface area (Å²) in [6, 6.07) is 9.96. The molecule has 4 nitrogen and oxygen atoms in total. The molecule has 1 aliphatic rings. The number of hydrogen-bond donors (Lipinski definition) is 1. The van der Waals surface area contributed by atoms with Gasteiger partial charge in [-0.05, 0) is 18.4 Å². The summed E-state index contributed by atoms with van der Waals surface area (Å²) in [4.78, 5) is 20.8. The Kier molecular flexibility index (Phi) is 4.20. The van der Waals surface area contributed by atoms with Gasteiger partial charge in [-0.15, -0.1) is 11.3 Å². The van der Waals surface area contributed by atoms with Crippen LogP contribution in [0.5, 0.6) is 0 Å². The highest BCUT2D eigenvalue weighted by molar-refractivity contribution is 7.99. The zero-order valence-corrected chi connectivity index (χ0v) is 14.1. The van der Waals surface area contributed by atoms with Crippen molar-refractivity contribution in [3.05, 3.63) is 46.1 Å². The predicted molar refractivity (Wildman–Crippen MR) is 95.4 cm³/mol. The highest BCUT2D eigenvalue weighted by Crippen LogP contribution is 2.31. The van der Waals surface area contributed by atoms with Crippen LogP contribution >= 0.6 is 23.1 Å². The van der Waals surface area contributed by atoms with Crippen molar-refractivity contribution in [2.24, 2.45) is 0 Å². The van der Waals surface area contributed by atoms with Crippen molar-refractivity contribution in [3.63, 3.8) is 0 Å². The lowest BCUT2D eigenvalue weighted by atomic mass is 10.1. The molecule has 0 spiro atoms.